The smallest absolute Gasteiger partial charge is 0.355 e. The number of methoxy groups -OCH3 is 2. The van der Waals surface area contributed by atoms with Crippen molar-refractivity contribution in [1.82, 2.24) is 9.21 Å². The van der Waals surface area contributed by atoms with Crippen molar-refractivity contribution >= 4 is 28.0 Å². The monoisotopic (exact) mass is 574 g/mol. The summed E-state index contributed by atoms with van der Waals surface area (Å²) in [6, 6.07) is 17.3. The highest BCUT2D eigenvalue weighted by Gasteiger charge is 2.53. The fraction of sp³-hybridized carbons (Fsp3) is 0.200. The van der Waals surface area contributed by atoms with Crippen molar-refractivity contribution < 1.29 is 37.0 Å². The van der Waals surface area contributed by atoms with E-state index in [4.69, 9.17) is 18.9 Å². The molecule has 0 bridgehead atoms. The first-order valence-corrected chi connectivity index (χ1v) is 14.2. The third-order valence-corrected chi connectivity index (χ3v) is 9.16. The summed E-state index contributed by atoms with van der Waals surface area (Å²) in [5.41, 5.74) is 2.29. The van der Waals surface area contributed by atoms with E-state index in [0.717, 1.165) is 11.1 Å². The van der Waals surface area contributed by atoms with Gasteiger partial charge in [-0.1, -0.05) is 48.0 Å². The van der Waals surface area contributed by atoms with E-state index < -0.39 is 34.2 Å². The lowest BCUT2D eigenvalue weighted by Crippen LogP contribution is -2.52. The molecule has 0 fully saturated rings. The lowest BCUT2D eigenvalue weighted by Gasteiger charge is -2.49. The van der Waals surface area contributed by atoms with E-state index >= 15 is 0 Å². The Labute approximate surface area is 237 Å². The van der Waals surface area contributed by atoms with Crippen molar-refractivity contribution in [3.05, 3.63) is 106 Å². The number of hydrogen-bond donors (Lipinski definition) is 0. The normalized spacial score (nSPS) is 19.4. The molecule has 3 heterocycles. The zero-order valence-electron chi connectivity index (χ0n) is 22.4. The van der Waals surface area contributed by atoms with Gasteiger partial charge in [0.2, 0.25) is 16.8 Å². The third kappa shape index (κ3) is 4.25. The predicted octanol–water partition coefficient (Wildman–Crippen LogP) is 4.05. The topological polar surface area (TPSA) is 112 Å². The minimum Gasteiger partial charge on any atom is -0.466 e. The van der Waals surface area contributed by atoms with Gasteiger partial charge >= 0.3 is 11.9 Å². The molecule has 10 nitrogen and oxygen atoms in total. The molecule has 0 aromatic heterocycles. The first kappa shape index (κ1) is 26.6. The summed E-state index contributed by atoms with van der Waals surface area (Å²) < 4.78 is 52.0. The molecule has 3 aromatic carbocycles. The van der Waals surface area contributed by atoms with E-state index in [1.165, 1.54) is 35.6 Å². The Morgan fingerprint density at radius 2 is 1.61 bits per heavy atom. The van der Waals surface area contributed by atoms with Gasteiger partial charge in [0.25, 0.3) is 0 Å². The van der Waals surface area contributed by atoms with Crippen LogP contribution in [0.3, 0.4) is 0 Å². The van der Waals surface area contributed by atoms with Gasteiger partial charge in [0, 0.05) is 6.20 Å². The highest BCUT2D eigenvalue weighted by Crippen LogP contribution is 2.52. The van der Waals surface area contributed by atoms with Crippen LogP contribution in [-0.2, 0) is 29.1 Å². The molecule has 3 aliphatic rings. The maximum absolute atomic E-state index is 14.7. The predicted molar refractivity (Wildman–Crippen MR) is 147 cm³/mol. The van der Waals surface area contributed by atoms with Crippen molar-refractivity contribution in [2.24, 2.45) is 0 Å². The maximum atomic E-state index is 14.7. The van der Waals surface area contributed by atoms with Gasteiger partial charge in [0.1, 0.15) is 11.9 Å². The van der Waals surface area contributed by atoms with Gasteiger partial charge < -0.3 is 23.8 Å². The molecule has 0 radical (unpaired) electrons. The van der Waals surface area contributed by atoms with Crippen LogP contribution in [0, 0.1) is 6.92 Å². The molecule has 6 rings (SSSR count). The molecule has 0 saturated heterocycles. The molecular weight excluding hydrogens is 548 g/mol. The molecule has 0 unspecified atom stereocenters. The zero-order chi connectivity index (χ0) is 28.9. The van der Waals surface area contributed by atoms with Crippen LogP contribution in [0.5, 0.6) is 11.5 Å². The van der Waals surface area contributed by atoms with Gasteiger partial charge in [0.15, 0.2) is 11.5 Å². The van der Waals surface area contributed by atoms with E-state index in [1.54, 1.807) is 54.7 Å². The van der Waals surface area contributed by atoms with E-state index in [2.05, 4.69) is 0 Å². The number of aryl methyl sites for hydroxylation is 1. The summed E-state index contributed by atoms with van der Waals surface area (Å²) in [6.07, 6.45) is 2.28. The standard InChI is InChI=1S/C30H26N2O8S/c1-18-8-11-21(12-9-18)41(35,36)32-26(20-10-13-23-24(16-20)40-17-39-23)25(29(33)37-2)27(30(34)38-3)31-15-14-19-6-4-5-7-22(19)28(31)32/h4-16,26,28H,17H2,1-3H3/t26-,28-/m0/s1. The van der Waals surface area contributed by atoms with Crippen LogP contribution in [0.1, 0.15) is 34.5 Å². The molecule has 0 N–H and O–H groups in total. The number of ether oxygens (including phenoxy) is 4. The Morgan fingerprint density at radius 1 is 0.902 bits per heavy atom. The lowest BCUT2D eigenvalue weighted by atomic mass is 9.89. The van der Waals surface area contributed by atoms with Crippen LogP contribution in [0.2, 0.25) is 0 Å². The van der Waals surface area contributed by atoms with Crippen LogP contribution in [-0.4, -0.2) is 50.6 Å². The lowest BCUT2D eigenvalue weighted by molar-refractivity contribution is -0.143. The van der Waals surface area contributed by atoms with Crippen LogP contribution in [0.25, 0.3) is 6.08 Å². The minimum atomic E-state index is -4.34. The number of rotatable bonds is 5. The second kappa shape index (κ2) is 10.1. The first-order valence-electron chi connectivity index (χ1n) is 12.7. The number of benzene rings is 3. The van der Waals surface area contributed by atoms with Crippen LogP contribution in [0.4, 0.5) is 0 Å². The number of esters is 2. The van der Waals surface area contributed by atoms with E-state index in [0.29, 0.717) is 22.6 Å². The van der Waals surface area contributed by atoms with E-state index in [1.807, 2.05) is 19.1 Å². The molecule has 11 heteroatoms. The molecule has 3 aromatic rings. The second-order valence-electron chi connectivity index (χ2n) is 9.63. The highest BCUT2D eigenvalue weighted by atomic mass is 32.2. The van der Waals surface area contributed by atoms with Crippen molar-refractivity contribution in [2.45, 2.75) is 24.0 Å². The number of carbonyl (C=O) groups is 2. The molecule has 41 heavy (non-hydrogen) atoms. The SMILES string of the molecule is COC(=O)C1=C(C(=O)OC)N2C=Cc3ccccc3[C@@H]2N(S(=O)(=O)c2ccc(C)cc2)[C@H]1c1ccc2c(c1)OCO2. The molecule has 3 aliphatic heterocycles. The Balaban J connectivity index is 1.72. The number of nitrogens with zero attached hydrogens (tertiary/aromatic N) is 2. The van der Waals surface area contributed by atoms with Crippen molar-refractivity contribution in [1.29, 1.82) is 0 Å². The number of carbonyl (C=O) groups excluding carboxylic acids is 2. The van der Waals surface area contributed by atoms with Crippen LogP contribution >= 0.6 is 0 Å². The fourth-order valence-corrected chi connectivity index (χ4v) is 7.12. The summed E-state index contributed by atoms with van der Waals surface area (Å²) in [6.45, 7) is 1.86. The van der Waals surface area contributed by atoms with Crippen molar-refractivity contribution in [2.75, 3.05) is 21.0 Å². The Kier molecular flexibility index (Phi) is 6.55. The zero-order valence-corrected chi connectivity index (χ0v) is 23.3. The summed E-state index contributed by atoms with van der Waals surface area (Å²) in [5.74, 6) is -0.854. The van der Waals surface area contributed by atoms with Gasteiger partial charge in [0.05, 0.1) is 30.7 Å². The Bertz CT molecular complexity index is 1730. The molecule has 210 valence electrons. The number of sulfonamides is 1. The second-order valence-corrected chi connectivity index (χ2v) is 11.5. The molecule has 0 amide bonds. The summed E-state index contributed by atoms with van der Waals surface area (Å²) in [7, 11) is -1.97. The van der Waals surface area contributed by atoms with Crippen molar-refractivity contribution in [3.63, 3.8) is 0 Å². The number of hydrogen-bond acceptors (Lipinski definition) is 9. The van der Waals surface area contributed by atoms with Gasteiger partial charge in [-0.05, 0) is 54.0 Å². The summed E-state index contributed by atoms with van der Waals surface area (Å²) in [5, 5.41) is 0. The maximum Gasteiger partial charge on any atom is 0.355 e. The Morgan fingerprint density at radius 3 is 2.34 bits per heavy atom. The average Bonchev–Trinajstić information content (AvgIpc) is 3.47. The van der Waals surface area contributed by atoms with E-state index in [9.17, 15) is 18.0 Å². The van der Waals surface area contributed by atoms with Gasteiger partial charge in [-0.15, -0.1) is 0 Å². The van der Waals surface area contributed by atoms with Crippen molar-refractivity contribution in [3.8, 4) is 11.5 Å². The van der Waals surface area contributed by atoms with E-state index in [-0.39, 0.29) is 23.0 Å². The van der Waals surface area contributed by atoms with Gasteiger partial charge in [-0.2, -0.15) is 4.31 Å². The highest BCUT2D eigenvalue weighted by molar-refractivity contribution is 7.89. The summed E-state index contributed by atoms with van der Waals surface area (Å²) in [4.78, 5) is 28.5. The fourth-order valence-electron chi connectivity index (χ4n) is 5.41. The quantitative estimate of drug-likeness (QED) is 0.417. The molecule has 2 atom stereocenters. The average molecular weight is 575 g/mol. The van der Waals surface area contributed by atoms with Gasteiger partial charge in [-0.25, -0.2) is 18.0 Å². The molecule has 0 saturated carbocycles. The molecule has 0 aliphatic carbocycles. The van der Waals surface area contributed by atoms with Crippen LogP contribution < -0.4 is 9.47 Å². The molecular formula is C30H26N2O8S. The first-order chi connectivity index (χ1) is 19.8. The third-order valence-electron chi connectivity index (χ3n) is 7.33. The largest absolute Gasteiger partial charge is 0.466 e. The van der Waals surface area contributed by atoms with Crippen LogP contribution in [0.15, 0.2) is 89.1 Å². The number of fused-ring (bicyclic) bond motifs is 4. The Hall–Kier alpha value is -4.61. The van der Waals surface area contributed by atoms with Gasteiger partial charge in [-0.3, -0.25) is 0 Å². The molecule has 0 spiro atoms. The minimum absolute atomic E-state index is 0.00346. The summed E-state index contributed by atoms with van der Waals surface area (Å²) >= 11 is 0.